The Bertz CT molecular complexity index is 1010. The maximum atomic E-state index is 6.17. The van der Waals surface area contributed by atoms with Gasteiger partial charge in [0.2, 0.25) is 0 Å². The Hall–Kier alpha value is -3.41. The van der Waals surface area contributed by atoms with Crippen LogP contribution in [-0.2, 0) is 0 Å². The second kappa shape index (κ2) is 5.66. The highest BCUT2D eigenvalue weighted by atomic mass is 15.1. The minimum absolute atomic E-state index is 0.484. The maximum Gasteiger partial charge on any atom is 0.143 e. The highest BCUT2D eigenvalue weighted by Gasteiger charge is 2.16. The molecule has 4 aromatic rings. The van der Waals surface area contributed by atoms with Crippen molar-refractivity contribution in [1.29, 1.82) is 0 Å². The minimum atomic E-state index is 0.484. The Balaban J connectivity index is 1.98. The molecule has 0 fully saturated rings. The lowest BCUT2D eigenvalue weighted by Gasteiger charge is -2.14. The predicted molar refractivity (Wildman–Crippen MR) is 96.0 cm³/mol. The van der Waals surface area contributed by atoms with Crippen LogP contribution in [0.4, 0.5) is 17.3 Å². The number of pyridine rings is 2. The van der Waals surface area contributed by atoms with Crippen LogP contribution >= 0.6 is 0 Å². The topological polar surface area (TPSA) is 92.5 Å². The lowest BCUT2D eigenvalue weighted by Crippen LogP contribution is -2.02. The van der Waals surface area contributed by atoms with Crippen LogP contribution in [0, 0.1) is 6.92 Å². The van der Waals surface area contributed by atoms with E-state index in [1.165, 1.54) is 0 Å². The van der Waals surface area contributed by atoms with Gasteiger partial charge in [-0.05, 0) is 30.5 Å². The fraction of sp³-hybridized carbons (Fsp3) is 0.0556. The number of nitrogens with one attached hydrogen (secondary N) is 2. The second-order valence-electron chi connectivity index (χ2n) is 5.56. The van der Waals surface area contributed by atoms with Crippen molar-refractivity contribution >= 4 is 28.1 Å². The van der Waals surface area contributed by atoms with Crippen LogP contribution in [0.1, 0.15) is 5.69 Å². The molecule has 0 aliphatic rings. The lowest BCUT2D eigenvalue weighted by atomic mass is 10.0. The molecule has 6 heteroatoms. The van der Waals surface area contributed by atoms with E-state index in [2.05, 4.69) is 25.5 Å². The molecule has 3 aromatic heterocycles. The van der Waals surface area contributed by atoms with Gasteiger partial charge in [-0.3, -0.25) is 10.1 Å². The van der Waals surface area contributed by atoms with Crippen LogP contribution in [0.25, 0.3) is 22.0 Å². The first-order chi connectivity index (χ1) is 11.7. The predicted octanol–water partition coefficient (Wildman–Crippen LogP) is 3.65. The molecule has 0 radical (unpaired) electrons. The lowest BCUT2D eigenvalue weighted by molar-refractivity contribution is 1.05. The Morgan fingerprint density at radius 3 is 2.50 bits per heavy atom. The minimum Gasteiger partial charge on any atom is -0.383 e. The molecule has 0 bridgehead atoms. The average molecular weight is 316 g/mol. The van der Waals surface area contributed by atoms with E-state index in [-0.39, 0.29) is 0 Å². The van der Waals surface area contributed by atoms with E-state index in [4.69, 9.17) is 5.73 Å². The summed E-state index contributed by atoms with van der Waals surface area (Å²) in [5, 5.41) is 12.6. The van der Waals surface area contributed by atoms with Crippen LogP contribution < -0.4 is 11.1 Å². The van der Waals surface area contributed by atoms with Gasteiger partial charge in [-0.15, -0.1) is 0 Å². The first-order valence-electron chi connectivity index (χ1n) is 7.60. The van der Waals surface area contributed by atoms with Gasteiger partial charge < -0.3 is 11.1 Å². The number of fused-ring (bicyclic) bond motifs is 1. The first kappa shape index (κ1) is 14.2. The van der Waals surface area contributed by atoms with E-state index in [0.29, 0.717) is 11.6 Å². The van der Waals surface area contributed by atoms with Crippen LogP contribution in [0.3, 0.4) is 0 Å². The molecule has 0 saturated carbocycles. The van der Waals surface area contributed by atoms with Crippen molar-refractivity contribution in [2.45, 2.75) is 6.92 Å². The fourth-order valence-corrected chi connectivity index (χ4v) is 2.76. The van der Waals surface area contributed by atoms with E-state index < -0.39 is 0 Å². The van der Waals surface area contributed by atoms with Gasteiger partial charge in [-0.1, -0.05) is 24.3 Å². The highest BCUT2D eigenvalue weighted by molar-refractivity contribution is 6.05. The standard InChI is InChI=1S/C18H16N6/c1-11-10-15(24-23-11)16-13-4-2-3-5-14(13)17(19)22-18(16)21-12-6-8-20-9-7-12/h2-10H,1H3,(H,23,24)(H3,19,20,21,22). The van der Waals surface area contributed by atoms with Gasteiger partial charge in [0.05, 0.1) is 11.3 Å². The Kier molecular flexibility index (Phi) is 3.35. The third-order valence-corrected chi connectivity index (χ3v) is 3.85. The van der Waals surface area contributed by atoms with Crippen molar-refractivity contribution < 1.29 is 0 Å². The molecule has 0 unspecified atom stereocenters. The van der Waals surface area contributed by atoms with E-state index in [1.807, 2.05) is 49.4 Å². The largest absolute Gasteiger partial charge is 0.383 e. The normalized spacial score (nSPS) is 10.9. The average Bonchev–Trinajstić information content (AvgIpc) is 3.02. The molecule has 24 heavy (non-hydrogen) atoms. The molecule has 4 rings (SSSR count). The smallest absolute Gasteiger partial charge is 0.143 e. The summed E-state index contributed by atoms with van der Waals surface area (Å²) in [5.41, 5.74) is 9.79. The maximum absolute atomic E-state index is 6.17. The number of aromatic nitrogens is 4. The molecule has 0 amide bonds. The molecule has 0 aliphatic carbocycles. The third-order valence-electron chi connectivity index (χ3n) is 3.85. The van der Waals surface area contributed by atoms with Crippen molar-refractivity contribution in [2.75, 3.05) is 11.1 Å². The van der Waals surface area contributed by atoms with E-state index >= 15 is 0 Å². The molecule has 3 heterocycles. The SMILES string of the molecule is Cc1cc(-c2c(Nc3ccncc3)nc(N)c3ccccc23)n[nH]1. The van der Waals surface area contributed by atoms with E-state index in [1.54, 1.807) is 12.4 Å². The summed E-state index contributed by atoms with van der Waals surface area (Å²) in [5.74, 6) is 1.15. The number of aryl methyl sites for hydroxylation is 1. The Morgan fingerprint density at radius 2 is 1.79 bits per heavy atom. The first-order valence-corrected chi connectivity index (χ1v) is 7.60. The number of nitrogen functional groups attached to an aromatic ring is 1. The molecule has 0 atom stereocenters. The van der Waals surface area contributed by atoms with Crippen molar-refractivity contribution in [1.82, 2.24) is 20.2 Å². The van der Waals surface area contributed by atoms with Gasteiger partial charge >= 0.3 is 0 Å². The molecular formula is C18H16N6. The molecule has 4 N–H and O–H groups in total. The monoisotopic (exact) mass is 316 g/mol. The zero-order chi connectivity index (χ0) is 16.5. The molecule has 0 spiro atoms. The van der Waals surface area contributed by atoms with Crippen LogP contribution in [0.5, 0.6) is 0 Å². The molecular weight excluding hydrogens is 300 g/mol. The number of hydrogen-bond acceptors (Lipinski definition) is 5. The summed E-state index contributed by atoms with van der Waals surface area (Å²) in [4.78, 5) is 8.61. The quantitative estimate of drug-likeness (QED) is 0.536. The number of H-pyrrole nitrogens is 1. The number of hydrogen-bond donors (Lipinski definition) is 3. The van der Waals surface area contributed by atoms with Gasteiger partial charge in [0.1, 0.15) is 11.6 Å². The Morgan fingerprint density at radius 1 is 1.04 bits per heavy atom. The van der Waals surface area contributed by atoms with Crippen molar-refractivity contribution in [3.63, 3.8) is 0 Å². The number of nitrogens with two attached hydrogens (primary N) is 1. The molecule has 0 saturated heterocycles. The van der Waals surface area contributed by atoms with Crippen LogP contribution in [-0.4, -0.2) is 20.2 Å². The number of benzene rings is 1. The zero-order valence-corrected chi connectivity index (χ0v) is 13.1. The van der Waals surface area contributed by atoms with Crippen LogP contribution in [0.15, 0.2) is 54.9 Å². The number of anilines is 3. The van der Waals surface area contributed by atoms with E-state index in [0.717, 1.165) is 33.4 Å². The summed E-state index contributed by atoms with van der Waals surface area (Å²) in [7, 11) is 0. The number of nitrogens with zero attached hydrogens (tertiary/aromatic N) is 3. The van der Waals surface area contributed by atoms with E-state index in [9.17, 15) is 0 Å². The summed E-state index contributed by atoms with van der Waals surface area (Å²) in [6.45, 7) is 1.97. The molecule has 6 nitrogen and oxygen atoms in total. The van der Waals surface area contributed by atoms with Gasteiger partial charge in [-0.25, -0.2) is 4.98 Å². The van der Waals surface area contributed by atoms with Crippen molar-refractivity contribution in [3.05, 3.63) is 60.6 Å². The second-order valence-corrected chi connectivity index (χ2v) is 5.56. The summed E-state index contributed by atoms with van der Waals surface area (Å²) < 4.78 is 0. The zero-order valence-electron chi connectivity index (χ0n) is 13.1. The molecule has 1 aromatic carbocycles. The summed E-state index contributed by atoms with van der Waals surface area (Å²) in [6, 6.07) is 13.7. The van der Waals surface area contributed by atoms with Gasteiger partial charge in [0, 0.05) is 29.2 Å². The third kappa shape index (κ3) is 2.44. The van der Waals surface area contributed by atoms with Gasteiger partial charge in [0.15, 0.2) is 0 Å². The number of rotatable bonds is 3. The molecule has 0 aliphatic heterocycles. The summed E-state index contributed by atoms with van der Waals surface area (Å²) >= 11 is 0. The van der Waals surface area contributed by atoms with Gasteiger partial charge in [-0.2, -0.15) is 5.10 Å². The summed E-state index contributed by atoms with van der Waals surface area (Å²) in [6.07, 6.45) is 3.45. The Labute approximate surface area is 138 Å². The van der Waals surface area contributed by atoms with Crippen molar-refractivity contribution in [3.8, 4) is 11.3 Å². The highest BCUT2D eigenvalue weighted by Crippen LogP contribution is 2.37. The fourth-order valence-electron chi connectivity index (χ4n) is 2.76. The van der Waals surface area contributed by atoms with Gasteiger partial charge in [0.25, 0.3) is 0 Å². The van der Waals surface area contributed by atoms with Crippen LogP contribution in [0.2, 0.25) is 0 Å². The number of aromatic amines is 1. The molecule has 118 valence electrons. The van der Waals surface area contributed by atoms with Crippen molar-refractivity contribution in [2.24, 2.45) is 0 Å².